The maximum absolute atomic E-state index is 10.1. The molecule has 1 rings (SSSR count). The maximum atomic E-state index is 10.1. The lowest BCUT2D eigenvalue weighted by Crippen LogP contribution is -2.43. The summed E-state index contributed by atoms with van der Waals surface area (Å²) in [7, 11) is 0. The highest BCUT2D eigenvalue weighted by Crippen LogP contribution is 2.35. The molecule has 0 bridgehead atoms. The van der Waals surface area contributed by atoms with Crippen LogP contribution in [0.5, 0.6) is 0 Å². The molecule has 0 amide bonds. The molecule has 52 valence electrons. The van der Waals surface area contributed by atoms with Crippen molar-refractivity contribution in [2.45, 2.75) is 26.3 Å². The van der Waals surface area contributed by atoms with Crippen LogP contribution in [0, 0.1) is 22.0 Å². The fourth-order valence-electron chi connectivity index (χ4n) is 1.27. The molecule has 2 unspecified atom stereocenters. The van der Waals surface area contributed by atoms with Gasteiger partial charge in [0.15, 0.2) is 0 Å². The van der Waals surface area contributed by atoms with Crippen LogP contribution in [0.3, 0.4) is 0 Å². The molecule has 0 heterocycles. The summed E-state index contributed by atoms with van der Waals surface area (Å²) in [5.74, 6) is 0.848. The summed E-state index contributed by atoms with van der Waals surface area (Å²) < 4.78 is 0. The van der Waals surface area contributed by atoms with Crippen molar-refractivity contribution in [2.24, 2.45) is 11.8 Å². The van der Waals surface area contributed by atoms with Gasteiger partial charge in [-0.3, -0.25) is 10.1 Å². The summed E-state index contributed by atoms with van der Waals surface area (Å²) in [6.45, 7) is 4.01. The highest BCUT2D eigenvalue weighted by molar-refractivity contribution is 4.83. The van der Waals surface area contributed by atoms with Crippen molar-refractivity contribution in [3.63, 3.8) is 0 Å². The Morgan fingerprint density at radius 2 is 2.11 bits per heavy atom. The van der Waals surface area contributed by atoms with Gasteiger partial charge in [-0.15, -0.1) is 0 Å². The number of hydrogen-bond acceptors (Lipinski definition) is 2. The molecular weight excluding hydrogens is 118 g/mol. The van der Waals surface area contributed by atoms with E-state index in [-0.39, 0.29) is 11.0 Å². The van der Waals surface area contributed by atoms with Gasteiger partial charge >= 0.3 is 0 Å². The van der Waals surface area contributed by atoms with Gasteiger partial charge in [0.2, 0.25) is 6.04 Å². The molecule has 1 aliphatic rings. The minimum Gasteiger partial charge on any atom is -0.264 e. The second-order valence-electron chi connectivity index (χ2n) is 2.92. The van der Waals surface area contributed by atoms with Crippen LogP contribution in [0.1, 0.15) is 20.3 Å². The normalized spacial score (nSPS) is 41.8. The summed E-state index contributed by atoms with van der Waals surface area (Å²) in [4.78, 5) is 9.98. The Balaban J connectivity index is 2.42. The van der Waals surface area contributed by atoms with Gasteiger partial charge in [-0.25, -0.2) is 0 Å². The first-order valence-corrected chi connectivity index (χ1v) is 3.26. The molecule has 0 aromatic heterocycles. The Morgan fingerprint density at radius 1 is 1.56 bits per heavy atom. The van der Waals surface area contributed by atoms with E-state index < -0.39 is 0 Å². The average molecular weight is 129 g/mol. The van der Waals surface area contributed by atoms with Gasteiger partial charge in [-0.05, 0) is 5.92 Å². The van der Waals surface area contributed by atoms with Crippen LogP contribution in [0.25, 0.3) is 0 Å². The standard InChI is InChI=1S/C6H11NO2/c1-4-3-6(5(4)2)7(8)9/h4-6H,3H2,1-2H3/t4?,5-,6?/m0/s1. The predicted molar refractivity (Wildman–Crippen MR) is 33.7 cm³/mol. The zero-order valence-electron chi connectivity index (χ0n) is 5.70. The van der Waals surface area contributed by atoms with Gasteiger partial charge < -0.3 is 0 Å². The second-order valence-corrected chi connectivity index (χ2v) is 2.92. The third kappa shape index (κ3) is 0.910. The smallest absolute Gasteiger partial charge is 0.216 e. The molecule has 0 aromatic rings. The van der Waals surface area contributed by atoms with E-state index in [2.05, 4.69) is 6.92 Å². The van der Waals surface area contributed by atoms with E-state index in [1.54, 1.807) is 0 Å². The molecule has 9 heavy (non-hydrogen) atoms. The average Bonchev–Trinajstić information content (AvgIpc) is 1.81. The highest BCUT2D eigenvalue weighted by Gasteiger charge is 2.43. The summed E-state index contributed by atoms with van der Waals surface area (Å²) >= 11 is 0. The summed E-state index contributed by atoms with van der Waals surface area (Å²) in [5.41, 5.74) is 0. The molecule has 1 aliphatic carbocycles. The van der Waals surface area contributed by atoms with E-state index in [1.807, 2.05) is 6.92 Å². The van der Waals surface area contributed by atoms with Gasteiger partial charge in [-0.2, -0.15) is 0 Å². The van der Waals surface area contributed by atoms with Crippen molar-refractivity contribution < 1.29 is 4.92 Å². The molecule has 0 radical (unpaired) electrons. The third-order valence-electron chi connectivity index (χ3n) is 2.39. The summed E-state index contributed by atoms with van der Waals surface area (Å²) in [5, 5.41) is 10.1. The Kier molecular flexibility index (Phi) is 1.43. The zero-order chi connectivity index (χ0) is 7.02. The van der Waals surface area contributed by atoms with E-state index in [1.165, 1.54) is 0 Å². The van der Waals surface area contributed by atoms with E-state index in [4.69, 9.17) is 0 Å². The van der Waals surface area contributed by atoms with Crippen LogP contribution in [0.15, 0.2) is 0 Å². The SMILES string of the molecule is CC1CC([N+](=O)[O-])[C@H]1C. The quantitative estimate of drug-likeness (QED) is 0.395. The minimum atomic E-state index is -0.250. The fourth-order valence-corrected chi connectivity index (χ4v) is 1.27. The summed E-state index contributed by atoms with van der Waals surface area (Å²) in [6.07, 6.45) is 0.772. The molecule has 0 aliphatic heterocycles. The van der Waals surface area contributed by atoms with Gasteiger partial charge in [0.1, 0.15) is 0 Å². The number of rotatable bonds is 1. The van der Waals surface area contributed by atoms with Crippen molar-refractivity contribution in [1.82, 2.24) is 0 Å². The van der Waals surface area contributed by atoms with Crippen LogP contribution < -0.4 is 0 Å². The lowest BCUT2D eigenvalue weighted by molar-refractivity contribution is -0.551. The van der Waals surface area contributed by atoms with Gasteiger partial charge in [0.25, 0.3) is 0 Å². The number of hydrogen-bond donors (Lipinski definition) is 0. The first kappa shape index (κ1) is 6.52. The number of nitro groups is 1. The molecule has 0 saturated heterocycles. The molecule has 3 heteroatoms. The Morgan fingerprint density at radius 3 is 2.22 bits per heavy atom. The van der Waals surface area contributed by atoms with Crippen molar-refractivity contribution in [2.75, 3.05) is 0 Å². The molecule has 3 atom stereocenters. The van der Waals surface area contributed by atoms with Crippen molar-refractivity contribution in [3.8, 4) is 0 Å². The predicted octanol–water partition coefficient (Wildman–Crippen LogP) is 1.31. The molecule has 0 N–H and O–H groups in total. The van der Waals surface area contributed by atoms with E-state index in [0.717, 1.165) is 6.42 Å². The minimum absolute atomic E-state index is 0.162. The molecule has 3 nitrogen and oxygen atoms in total. The molecule has 0 spiro atoms. The van der Waals surface area contributed by atoms with E-state index >= 15 is 0 Å². The Hall–Kier alpha value is -0.600. The van der Waals surface area contributed by atoms with Crippen LogP contribution in [0.2, 0.25) is 0 Å². The van der Waals surface area contributed by atoms with Gasteiger partial charge in [0, 0.05) is 17.3 Å². The first-order chi connectivity index (χ1) is 4.13. The fraction of sp³-hybridized carbons (Fsp3) is 1.00. The number of nitrogens with zero attached hydrogens (tertiary/aromatic N) is 1. The second kappa shape index (κ2) is 1.97. The van der Waals surface area contributed by atoms with Crippen molar-refractivity contribution in [1.29, 1.82) is 0 Å². The van der Waals surface area contributed by atoms with Crippen LogP contribution in [-0.2, 0) is 0 Å². The third-order valence-corrected chi connectivity index (χ3v) is 2.39. The lowest BCUT2D eigenvalue weighted by atomic mass is 9.72. The Bertz CT molecular complexity index is 135. The van der Waals surface area contributed by atoms with Gasteiger partial charge in [0.05, 0.1) is 0 Å². The zero-order valence-corrected chi connectivity index (χ0v) is 5.70. The van der Waals surface area contributed by atoms with Crippen LogP contribution >= 0.6 is 0 Å². The highest BCUT2D eigenvalue weighted by atomic mass is 16.6. The van der Waals surface area contributed by atoms with Crippen molar-refractivity contribution >= 4 is 0 Å². The Labute approximate surface area is 54.2 Å². The van der Waals surface area contributed by atoms with Crippen LogP contribution in [-0.4, -0.2) is 11.0 Å². The molecular formula is C6H11NO2. The van der Waals surface area contributed by atoms with Crippen LogP contribution in [0.4, 0.5) is 0 Å². The van der Waals surface area contributed by atoms with Gasteiger partial charge in [-0.1, -0.05) is 13.8 Å². The molecule has 0 aromatic carbocycles. The maximum Gasteiger partial charge on any atom is 0.216 e. The van der Waals surface area contributed by atoms with E-state index in [9.17, 15) is 10.1 Å². The topological polar surface area (TPSA) is 43.1 Å². The van der Waals surface area contributed by atoms with Crippen molar-refractivity contribution in [3.05, 3.63) is 10.1 Å². The lowest BCUT2D eigenvalue weighted by Gasteiger charge is -2.33. The van der Waals surface area contributed by atoms with E-state index in [0.29, 0.717) is 11.8 Å². The monoisotopic (exact) mass is 129 g/mol. The summed E-state index contributed by atoms with van der Waals surface area (Å²) in [6, 6.07) is -0.250. The largest absolute Gasteiger partial charge is 0.264 e. The molecule has 1 saturated carbocycles. The first-order valence-electron chi connectivity index (χ1n) is 3.26. The molecule has 1 fully saturated rings.